The second-order valence-corrected chi connectivity index (χ2v) is 7.20. The number of aliphatic imine (C=N–C) groups is 1. The molecular weight excluding hydrogens is 356 g/mol. The van der Waals surface area contributed by atoms with E-state index >= 15 is 0 Å². The lowest BCUT2D eigenvalue weighted by Gasteiger charge is -2.29. The molecule has 0 bridgehead atoms. The number of likely N-dealkylation sites (tertiary alicyclic amines) is 1. The molecule has 7 nitrogen and oxygen atoms in total. The van der Waals surface area contributed by atoms with E-state index in [0.717, 1.165) is 75.0 Å². The first-order valence-electron chi connectivity index (χ1n) is 10.2. The fourth-order valence-corrected chi connectivity index (χ4v) is 3.40. The summed E-state index contributed by atoms with van der Waals surface area (Å²) in [6, 6.07) is 5.89. The minimum Gasteiger partial charge on any atom is -0.497 e. The van der Waals surface area contributed by atoms with E-state index in [1.165, 1.54) is 0 Å². The molecule has 0 saturated carbocycles. The Morgan fingerprint density at radius 2 is 2.04 bits per heavy atom. The quantitative estimate of drug-likeness (QED) is 0.380. The van der Waals surface area contributed by atoms with Crippen LogP contribution < -0.4 is 14.8 Å². The van der Waals surface area contributed by atoms with Crippen molar-refractivity contribution in [2.24, 2.45) is 4.99 Å². The number of aliphatic hydroxyl groups is 1. The fraction of sp³-hybridized carbons (Fsp3) is 0.667. The van der Waals surface area contributed by atoms with Gasteiger partial charge in [0.05, 0.1) is 20.3 Å². The summed E-state index contributed by atoms with van der Waals surface area (Å²) in [5.74, 6) is 2.50. The van der Waals surface area contributed by atoms with E-state index in [1.54, 1.807) is 14.2 Å². The van der Waals surface area contributed by atoms with Crippen molar-refractivity contribution in [3.8, 4) is 11.5 Å². The van der Waals surface area contributed by atoms with E-state index in [9.17, 15) is 5.11 Å². The van der Waals surface area contributed by atoms with Gasteiger partial charge in [0.2, 0.25) is 0 Å². The monoisotopic (exact) mass is 392 g/mol. The summed E-state index contributed by atoms with van der Waals surface area (Å²) in [6.07, 6.45) is 2.68. The van der Waals surface area contributed by atoms with Crippen LogP contribution in [-0.2, 0) is 6.54 Å². The maximum atomic E-state index is 9.60. The number of hydrogen-bond acceptors (Lipinski definition) is 5. The third-order valence-electron chi connectivity index (χ3n) is 5.05. The number of ether oxygens (including phenoxy) is 2. The molecule has 1 heterocycles. The van der Waals surface area contributed by atoms with E-state index in [4.69, 9.17) is 14.5 Å². The third-order valence-corrected chi connectivity index (χ3v) is 5.05. The van der Waals surface area contributed by atoms with Crippen LogP contribution in [0.25, 0.3) is 0 Å². The smallest absolute Gasteiger partial charge is 0.193 e. The number of hydrogen-bond donors (Lipinski definition) is 2. The molecule has 2 N–H and O–H groups in total. The van der Waals surface area contributed by atoms with Gasteiger partial charge in [-0.25, -0.2) is 0 Å². The van der Waals surface area contributed by atoms with Crippen molar-refractivity contribution in [1.29, 1.82) is 0 Å². The number of guanidine groups is 1. The molecule has 1 saturated heterocycles. The van der Waals surface area contributed by atoms with E-state index in [2.05, 4.69) is 22.0 Å². The number of nitrogens with zero attached hydrogens (tertiary/aromatic N) is 3. The molecule has 7 heteroatoms. The first-order valence-corrected chi connectivity index (χ1v) is 10.2. The van der Waals surface area contributed by atoms with Gasteiger partial charge < -0.3 is 29.7 Å². The molecule has 1 aliphatic rings. The van der Waals surface area contributed by atoms with Crippen LogP contribution in [0.15, 0.2) is 23.2 Å². The Morgan fingerprint density at radius 1 is 1.29 bits per heavy atom. The summed E-state index contributed by atoms with van der Waals surface area (Å²) in [6.45, 7) is 7.40. The Labute approximate surface area is 169 Å². The summed E-state index contributed by atoms with van der Waals surface area (Å²) in [5.41, 5.74) is 1.09. The average molecular weight is 393 g/mol. The number of piperidine rings is 1. The van der Waals surface area contributed by atoms with E-state index in [1.807, 2.05) is 25.2 Å². The van der Waals surface area contributed by atoms with Gasteiger partial charge in [-0.2, -0.15) is 0 Å². The van der Waals surface area contributed by atoms with E-state index < -0.39 is 0 Å². The molecule has 0 aromatic heterocycles. The first-order chi connectivity index (χ1) is 13.6. The Kier molecular flexibility index (Phi) is 9.37. The van der Waals surface area contributed by atoms with Crippen molar-refractivity contribution in [1.82, 2.24) is 15.1 Å². The third kappa shape index (κ3) is 6.87. The standard InChI is InChI=1S/C21H36N4O3/c1-5-22-21(23-11-6-12-25-13-9-18(26)10-14-25)24(2)16-17-7-8-19(27-3)15-20(17)28-4/h7-8,15,18,26H,5-6,9-14,16H2,1-4H3,(H,22,23). The summed E-state index contributed by atoms with van der Waals surface area (Å²) < 4.78 is 10.8. The molecular formula is C21H36N4O3. The van der Waals surface area contributed by atoms with Crippen molar-refractivity contribution in [2.75, 3.05) is 54.0 Å². The summed E-state index contributed by atoms with van der Waals surface area (Å²) >= 11 is 0. The van der Waals surface area contributed by atoms with Crippen LogP contribution in [0.4, 0.5) is 0 Å². The molecule has 1 aromatic rings. The second-order valence-electron chi connectivity index (χ2n) is 7.20. The fourth-order valence-electron chi connectivity index (χ4n) is 3.40. The lowest BCUT2D eigenvalue weighted by atomic mass is 10.1. The Balaban J connectivity index is 1.90. The largest absolute Gasteiger partial charge is 0.497 e. The van der Waals surface area contributed by atoms with E-state index in [0.29, 0.717) is 6.54 Å². The van der Waals surface area contributed by atoms with Crippen LogP contribution in [-0.4, -0.2) is 81.0 Å². The van der Waals surface area contributed by atoms with E-state index in [-0.39, 0.29) is 6.10 Å². The van der Waals surface area contributed by atoms with Gasteiger partial charge in [-0.15, -0.1) is 0 Å². The number of nitrogens with one attached hydrogen (secondary N) is 1. The zero-order chi connectivity index (χ0) is 20.4. The van der Waals surface area contributed by atoms with Crippen LogP contribution in [0.2, 0.25) is 0 Å². The molecule has 0 radical (unpaired) electrons. The molecule has 28 heavy (non-hydrogen) atoms. The first kappa shape index (κ1) is 22.3. The Bertz CT molecular complexity index is 616. The van der Waals surface area contributed by atoms with Gasteiger partial charge in [0.1, 0.15) is 11.5 Å². The molecule has 1 aliphatic heterocycles. The van der Waals surface area contributed by atoms with Crippen LogP contribution in [0.5, 0.6) is 11.5 Å². The van der Waals surface area contributed by atoms with Crippen LogP contribution in [0, 0.1) is 0 Å². The maximum absolute atomic E-state index is 9.60. The number of aliphatic hydroxyl groups excluding tert-OH is 1. The summed E-state index contributed by atoms with van der Waals surface area (Å²) in [7, 11) is 5.37. The van der Waals surface area contributed by atoms with Gasteiger partial charge in [-0.1, -0.05) is 0 Å². The van der Waals surface area contributed by atoms with Crippen molar-refractivity contribution < 1.29 is 14.6 Å². The molecule has 0 amide bonds. The highest BCUT2D eigenvalue weighted by Crippen LogP contribution is 2.25. The number of benzene rings is 1. The topological polar surface area (TPSA) is 69.6 Å². The zero-order valence-electron chi connectivity index (χ0n) is 17.8. The lowest BCUT2D eigenvalue weighted by Crippen LogP contribution is -2.39. The zero-order valence-corrected chi connectivity index (χ0v) is 17.8. The molecule has 1 fully saturated rings. The molecule has 0 aliphatic carbocycles. The highest BCUT2D eigenvalue weighted by atomic mass is 16.5. The second kappa shape index (κ2) is 11.8. The molecule has 0 spiro atoms. The van der Waals surface area contributed by atoms with Crippen molar-refractivity contribution in [3.63, 3.8) is 0 Å². The highest BCUT2D eigenvalue weighted by molar-refractivity contribution is 5.79. The van der Waals surface area contributed by atoms with Crippen LogP contribution >= 0.6 is 0 Å². The molecule has 0 unspecified atom stereocenters. The number of rotatable bonds is 9. The Morgan fingerprint density at radius 3 is 2.68 bits per heavy atom. The highest BCUT2D eigenvalue weighted by Gasteiger charge is 2.16. The van der Waals surface area contributed by atoms with Gasteiger partial charge in [-0.3, -0.25) is 4.99 Å². The molecule has 0 atom stereocenters. The van der Waals surface area contributed by atoms with Gasteiger partial charge in [-0.05, 0) is 44.9 Å². The van der Waals surface area contributed by atoms with Gasteiger partial charge in [0.25, 0.3) is 0 Å². The van der Waals surface area contributed by atoms with Crippen molar-refractivity contribution in [3.05, 3.63) is 23.8 Å². The van der Waals surface area contributed by atoms with Crippen LogP contribution in [0.1, 0.15) is 31.7 Å². The predicted octanol–water partition coefficient (Wildman–Crippen LogP) is 1.95. The van der Waals surface area contributed by atoms with Gasteiger partial charge in [0.15, 0.2) is 5.96 Å². The Hall–Kier alpha value is -1.99. The lowest BCUT2D eigenvalue weighted by molar-refractivity contribution is 0.0824. The maximum Gasteiger partial charge on any atom is 0.193 e. The minimum absolute atomic E-state index is 0.113. The summed E-state index contributed by atoms with van der Waals surface area (Å²) in [5, 5.41) is 13.0. The average Bonchev–Trinajstić information content (AvgIpc) is 2.71. The SMILES string of the molecule is CCNC(=NCCCN1CCC(O)CC1)N(C)Cc1ccc(OC)cc1OC. The van der Waals surface area contributed by atoms with Crippen LogP contribution in [0.3, 0.4) is 0 Å². The van der Waals surface area contributed by atoms with Gasteiger partial charge >= 0.3 is 0 Å². The van der Waals surface area contributed by atoms with Crippen molar-refractivity contribution >= 4 is 5.96 Å². The minimum atomic E-state index is -0.113. The summed E-state index contributed by atoms with van der Waals surface area (Å²) in [4.78, 5) is 9.32. The molecule has 158 valence electrons. The molecule has 2 rings (SSSR count). The predicted molar refractivity (Wildman–Crippen MR) is 113 cm³/mol. The van der Waals surface area contributed by atoms with Crippen molar-refractivity contribution in [2.45, 2.75) is 38.8 Å². The number of methoxy groups -OCH3 is 2. The molecule has 1 aromatic carbocycles. The van der Waals surface area contributed by atoms with Gasteiger partial charge in [0, 0.05) is 51.4 Å². The normalized spacial score (nSPS) is 16.1.